The molecule has 3 aromatic rings. The summed E-state index contributed by atoms with van der Waals surface area (Å²) in [5.41, 5.74) is 1.62. The minimum atomic E-state index is 0.0643. The molecule has 29 heavy (non-hydrogen) atoms. The molecule has 2 aromatic heterocycles. The highest BCUT2D eigenvalue weighted by atomic mass is 32.1. The third-order valence-corrected chi connectivity index (χ3v) is 6.46. The van der Waals surface area contributed by atoms with E-state index in [2.05, 4.69) is 60.3 Å². The van der Waals surface area contributed by atoms with E-state index < -0.39 is 0 Å². The van der Waals surface area contributed by atoms with E-state index in [-0.39, 0.29) is 16.8 Å². The van der Waals surface area contributed by atoms with Crippen molar-refractivity contribution in [1.82, 2.24) is 25.3 Å². The third-order valence-electron chi connectivity index (χ3n) is 5.41. The predicted molar refractivity (Wildman–Crippen MR) is 117 cm³/mol. The number of benzene rings is 1. The molecule has 0 atom stereocenters. The Morgan fingerprint density at radius 1 is 1.17 bits per heavy atom. The van der Waals surface area contributed by atoms with E-state index >= 15 is 0 Å². The molecule has 154 valence electrons. The third kappa shape index (κ3) is 4.13. The summed E-state index contributed by atoms with van der Waals surface area (Å²) in [6.45, 7) is 9.00. The lowest BCUT2D eigenvalue weighted by Gasteiger charge is -2.48. The van der Waals surface area contributed by atoms with E-state index in [0.29, 0.717) is 16.6 Å². The van der Waals surface area contributed by atoms with Gasteiger partial charge in [-0.15, -0.1) is 10.2 Å². The number of phenols is 1. The van der Waals surface area contributed by atoms with Crippen LogP contribution in [0.4, 0.5) is 5.13 Å². The van der Waals surface area contributed by atoms with Crippen LogP contribution >= 0.6 is 11.3 Å². The SMILES string of the molecule is CN(c1nnc(-c2ccc(-n3cccn3)cc2O)s1)C1CC(C)(C)NC(C)(C)C1. The first-order valence-electron chi connectivity index (χ1n) is 9.83. The number of aromatic hydroxyl groups is 1. The maximum absolute atomic E-state index is 10.6. The van der Waals surface area contributed by atoms with Crippen LogP contribution in [0.5, 0.6) is 5.75 Å². The van der Waals surface area contributed by atoms with Gasteiger partial charge in [0.05, 0.1) is 11.3 Å². The van der Waals surface area contributed by atoms with Crippen molar-refractivity contribution in [3.63, 3.8) is 0 Å². The lowest BCUT2D eigenvalue weighted by Crippen LogP contribution is -2.61. The van der Waals surface area contributed by atoms with Crippen LogP contribution in [0.25, 0.3) is 16.3 Å². The van der Waals surface area contributed by atoms with E-state index in [0.717, 1.165) is 23.7 Å². The smallest absolute Gasteiger partial charge is 0.208 e. The first-order valence-corrected chi connectivity index (χ1v) is 10.6. The summed E-state index contributed by atoms with van der Waals surface area (Å²) in [4.78, 5) is 2.24. The Labute approximate surface area is 175 Å². The van der Waals surface area contributed by atoms with Gasteiger partial charge in [-0.25, -0.2) is 4.68 Å². The van der Waals surface area contributed by atoms with Crippen molar-refractivity contribution in [2.24, 2.45) is 0 Å². The van der Waals surface area contributed by atoms with Gasteiger partial charge in [0, 0.05) is 42.6 Å². The molecule has 1 saturated heterocycles. The number of aromatic nitrogens is 4. The minimum absolute atomic E-state index is 0.0643. The number of rotatable bonds is 4. The fraction of sp³-hybridized carbons (Fsp3) is 0.476. The Balaban J connectivity index is 1.57. The van der Waals surface area contributed by atoms with Gasteiger partial charge < -0.3 is 15.3 Å². The second-order valence-electron chi connectivity index (χ2n) is 9.11. The largest absolute Gasteiger partial charge is 0.507 e. The summed E-state index contributed by atoms with van der Waals surface area (Å²) in [5, 5.41) is 28.8. The normalized spacial score (nSPS) is 18.7. The van der Waals surface area contributed by atoms with Crippen LogP contribution in [0.15, 0.2) is 36.7 Å². The molecule has 1 aliphatic rings. The highest BCUT2D eigenvalue weighted by molar-refractivity contribution is 7.18. The molecule has 0 radical (unpaired) electrons. The summed E-state index contributed by atoms with van der Waals surface area (Å²) < 4.78 is 1.71. The molecule has 1 fully saturated rings. The minimum Gasteiger partial charge on any atom is -0.507 e. The fourth-order valence-corrected chi connectivity index (χ4v) is 5.34. The van der Waals surface area contributed by atoms with E-state index in [1.54, 1.807) is 16.9 Å². The molecule has 1 aliphatic heterocycles. The lowest BCUT2D eigenvalue weighted by atomic mass is 9.79. The summed E-state index contributed by atoms with van der Waals surface area (Å²) in [5.74, 6) is 0.174. The van der Waals surface area contributed by atoms with E-state index in [4.69, 9.17) is 0 Å². The topological polar surface area (TPSA) is 79.1 Å². The molecule has 0 bridgehead atoms. The molecule has 0 amide bonds. The zero-order valence-electron chi connectivity index (χ0n) is 17.5. The van der Waals surface area contributed by atoms with Crippen molar-refractivity contribution < 1.29 is 5.11 Å². The molecule has 3 heterocycles. The Morgan fingerprint density at radius 2 is 1.90 bits per heavy atom. The Bertz CT molecular complexity index is 979. The van der Waals surface area contributed by atoms with Crippen molar-refractivity contribution in [3.8, 4) is 22.0 Å². The Morgan fingerprint density at radius 3 is 2.52 bits per heavy atom. The molecule has 4 rings (SSSR count). The number of hydrogen-bond donors (Lipinski definition) is 2. The molecule has 0 spiro atoms. The van der Waals surface area contributed by atoms with Gasteiger partial charge in [0.25, 0.3) is 0 Å². The molecule has 2 N–H and O–H groups in total. The molecule has 0 unspecified atom stereocenters. The van der Waals surface area contributed by atoms with Crippen LogP contribution in [0, 0.1) is 0 Å². The zero-order valence-corrected chi connectivity index (χ0v) is 18.4. The number of piperidine rings is 1. The van der Waals surface area contributed by atoms with Crippen molar-refractivity contribution in [2.75, 3.05) is 11.9 Å². The number of hydrogen-bond acceptors (Lipinski definition) is 7. The van der Waals surface area contributed by atoms with Crippen LogP contribution < -0.4 is 10.2 Å². The van der Waals surface area contributed by atoms with Gasteiger partial charge in [-0.3, -0.25) is 0 Å². The van der Waals surface area contributed by atoms with Gasteiger partial charge >= 0.3 is 0 Å². The second kappa shape index (κ2) is 7.11. The van der Waals surface area contributed by atoms with Gasteiger partial charge in [-0.1, -0.05) is 11.3 Å². The standard InChI is InChI=1S/C21H28N6OS/c1-20(2)12-15(13-21(3,4)25-20)26(5)19-24-23-18(29-19)16-8-7-14(11-17(16)28)27-10-6-9-22-27/h6-11,15,25,28H,12-13H2,1-5H3. The van der Waals surface area contributed by atoms with E-state index in [1.165, 1.54) is 11.3 Å². The average Bonchev–Trinajstić information content (AvgIpc) is 3.30. The summed E-state index contributed by atoms with van der Waals surface area (Å²) in [6.07, 6.45) is 5.62. The number of nitrogens with one attached hydrogen (secondary N) is 1. The summed E-state index contributed by atoms with van der Waals surface area (Å²) >= 11 is 1.51. The molecule has 0 aliphatic carbocycles. The highest BCUT2D eigenvalue weighted by Gasteiger charge is 2.39. The predicted octanol–water partition coefficient (Wildman–Crippen LogP) is 3.84. The van der Waals surface area contributed by atoms with Crippen LogP contribution in [0.3, 0.4) is 0 Å². The quantitative estimate of drug-likeness (QED) is 0.678. The van der Waals surface area contributed by atoms with Gasteiger partial charge in [-0.05, 0) is 58.7 Å². The lowest BCUT2D eigenvalue weighted by molar-refractivity contribution is 0.161. The Hall–Kier alpha value is -2.45. The van der Waals surface area contributed by atoms with Crippen LogP contribution in [0.2, 0.25) is 0 Å². The fourth-order valence-electron chi connectivity index (χ4n) is 4.43. The monoisotopic (exact) mass is 412 g/mol. The first-order chi connectivity index (χ1) is 13.6. The molecule has 1 aromatic carbocycles. The van der Waals surface area contributed by atoms with Gasteiger partial charge in [-0.2, -0.15) is 5.10 Å². The van der Waals surface area contributed by atoms with Crippen LogP contribution in [-0.2, 0) is 0 Å². The van der Waals surface area contributed by atoms with E-state index in [9.17, 15) is 5.11 Å². The second-order valence-corrected chi connectivity index (χ2v) is 10.1. The van der Waals surface area contributed by atoms with Crippen molar-refractivity contribution in [2.45, 2.75) is 57.7 Å². The summed E-state index contributed by atoms with van der Waals surface area (Å²) in [7, 11) is 2.09. The molecule has 8 heteroatoms. The van der Waals surface area contributed by atoms with Crippen molar-refractivity contribution in [3.05, 3.63) is 36.7 Å². The van der Waals surface area contributed by atoms with Crippen LogP contribution in [-0.4, -0.2) is 49.3 Å². The Kier molecular flexibility index (Phi) is 4.86. The van der Waals surface area contributed by atoms with E-state index in [1.807, 2.05) is 24.4 Å². The highest BCUT2D eigenvalue weighted by Crippen LogP contribution is 2.38. The number of anilines is 1. The zero-order chi connectivity index (χ0) is 20.8. The van der Waals surface area contributed by atoms with Crippen molar-refractivity contribution in [1.29, 1.82) is 0 Å². The molecule has 0 saturated carbocycles. The number of nitrogens with zero attached hydrogens (tertiary/aromatic N) is 5. The first kappa shape index (κ1) is 19.8. The van der Waals surface area contributed by atoms with Gasteiger partial charge in [0.1, 0.15) is 5.75 Å². The number of phenolic OH excluding ortho intramolecular Hbond substituents is 1. The molecule has 7 nitrogen and oxygen atoms in total. The maximum atomic E-state index is 10.6. The molecular formula is C21H28N6OS. The summed E-state index contributed by atoms with van der Waals surface area (Å²) in [6, 6.07) is 7.71. The maximum Gasteiger partial charge on any atom is 0.208 e. The van der Waals surface area contributed by atoms with Crippen LogP contribution in [0.1, 0.15) is 40.5 Å². The average molecular weight is 413 g/mol. The molecular weight excluding hydrogens is 384 g/mol. The van der Waals surface area contributed by atoms with Gasteiger partial charge in [0.15, 0.2) is 5.01 Å². The van der Waals surface area contributed by atoms with Crippen molar-refractivity contribution >= 4 is 16.5 Å². The van der Waals surface area contributed by atoms with Gasteiger partial charge in [0.2, 0.25) is 5.13 Å².